The molecule has 0 aliphatic carbocycles. The molecule has 1 aromatic carbocycles. The van der Waals surface area contributed by atoms with Crippen molar-refractivity contribution in [2.24, 2.45) is 11.8 Å². The maximum atomic E-state index is 12.8. The molecule has 0 radical (unpaired) electrons. The van der Waals surface area contributed by atoms with Gasteiger partial charge in [-0.1, -0.05) is 54.8 Å². The van der Waals surface area contributed by atoms with Crippen LogP contribution in [-0.4, -0.2) is 5.33 Å². The molecule has 0 saturated heterocycles. The molecule has 0 N–H and O–H groups in total. The fourth-order valence-electron chi connectivity index (χ4n) is 2.33. The van der Waals surface area contributed by atoms with E-state index in [1.54, 1.807) is 12.1 Å². The summed E-state index contributed by atoms with van der Waals surface area (Å²) in [4.78, 5) is 0. The van der Waals surface area contributed by atoms with E-state index in [0.717, 1.165) is 17.7 Å². The van der Waals surface area contributed by atoms with E-state index in [1.807, 2.05) is 12.1 Å². The predicted octanol–water partition coefficient (Wildman–Crippen LogP) is 5.21. The SMILES string of the molecule is CCCC(C)CC(CBr)Cc1ccc(F)cc1. The quantitative estimate of drug-likeness (QED) is 0.607. The Morgan fingerprint density at radius 1 is 1.24 bits per heavy atom. The number of rotatable bonds is 7. The van der Waals surface area contributed by atoms with Gasteiger partial charge in [-0.2, -0.15) is 0 Å². The highest BCUT2D eigenvalue weighted by atomic mass is 79.9. The second kappa shape index (κ2) is 7.86. The van der Waals surface area contributed by atoms with Crippen molar-refractivity contribution in [3.8, 4) is 0 Å². The van der Waals surface area contributed by atoms with Gasteiger partial charge in [-0.3, -0.25) is 0 Å². The molecule has 2 heteroatoms. The average Bonchev–Trinajstić information content (AvgIpc) is 2.31. The number of hydrogen-bond acceptors (Lipinski definition) is 0. The summed E-state index contributed by atoms with van der Waals surface area (Å²) in [6, 6.07) is 6.90. The lowest BCUT2D eigenvalue weighted by Crippen LogP contribution is -2.11. The third-order valence-electron chi connectivity index (χ3n) is 3.17. The van der Waals surface area contributed by atoms with E-state index in [4.69, 9.17) is 0 Å². The van der Waals surface area contributed by atoms with E-state index in [-0.39, 0.29) is 5.82 Å². The van der Waals surface area contributed by atoms with E-state index in [0.29, 0.717) is 5.92 Å². The summed E-state index contributed by atoms with van der Waals surface area (Å²) in [7, 11) is 0. The first-order valence-corrected chi connectivity index (χ1v) is 7.58. The largest absolute Gasteiger partial charge is 0.207 e. The highest BCUT2D eigenvalue weighted by molar-refractivity contribution is 9.09. The lowest BCUT2D eigenvalue weighted by molar-refractivity contribution is 0.396. The molecule has 0 amide bonds. The van der Waals surface area contributed by atoms with Gasteiger partial charge in [-0.15, -0.1) is 0 Å². The Kier molecular flexibility index (Phi) is 6.79. The summed E-state index contributed by atoms with van der Waals surface area (Å²) in [5.74, 6) is 1.29. The van der Waals surface area contributed by atoms with E-state index in [9.17, 15) is 4.39 Å². The standard InChI is InChI=1S/C15H22BrF/c1-3-4-12(2)9-14(11-16)10-13-5-7-15(17)8-6-13/h5-8,12,14H,3-4,9-11H2,1-2H3. The first kappa shape index (κ1) is 14.7. The molecule has 0 aliphatic heterocycles. The minimum absolute atomic E-state index is 0.150. The molecule has 0 aromatic heterocycles. The van der Waals surface area contributed by atoms with Gasteiger partial charge in [0, 0.05) is 5.33 Å². The highest BCUT2D eigenvalue weighted by Gasteiger charge is 2.12. The predicted molar refractivity (Wildman–Crippen MR) is 76.1 cm³/mol. The molecule has 1 aromatic rings. The Hall–Kier alpha value is -0.370. The molecule has 0 bridgehead atoms. The molecule has 0 fully saturated rings. The summed E-state index contributed by atoms with van der Waals surface area (Å²) < 4.78 is 12.8. The van der Waals surface area contributed by atoms with Gasteiger partial charge in [0.05, 0.1) is 0 Å². The monoisotopic (exact) mass is 300 g/mol. The van der Waals surface area contributed by atoms with E-state index >= 15 is 0 Å². The van der Waals surface area contributed by atoms with Crippen molar-refractivity contribution in [1.29, 1.82) is 0 Å². The summed E-state index contributed by atoms with van der Waals surface area (Å²) in [6.45, 7) is 4.56. The molecule has 0 aliphatic rings. The van der Waals surface area contributed by atoms with Crippen LogP contribution in [0.25, 0.3) is 0 Å². The molecule has 0 heterocycles. The Balaban J connectivity index is 2.48. The second-order valence-corrected chi connectivity index (χ2v) is 5.63. The van der Waals surface area contributed by atoms with Gasteiger partial charge in [-0.25, -0.2) is 4.39 Å². The van der Waals surface area contributed by atoms with E-state index in [2.05, 4.69) is 29.8 Å². The number of hydrogen-bond donors (Lipinski definition) is 0. The van der Waals surface area contributed by atoms with Gasteiger partial charge in [-0.05, 0) is 42.4 Å². The van der Waals surface area contributed by atoms with Crippen molar-refractivity contribution in [3.05, 3.63) is 35.6 Å². The highest BCUT2D eigenvalue weighted by Crippen LogP contribution is 2.22. The third-order valence-corrected chi connectivity index (χ3v) is 4.09. The molecule has 0 nitrogen and oxygen atoms in total. The Labute approximate surface area is 113 Å². The normalized spacial score (nSPS) is 14.6. The van der Waals surface area contributed by atoms with Gasteiger partial charge < -0.3 is 0 Å². The first-order valence-electron chi connectivity index (χ1n) is 6.46. The van der Waals surface area contributed by atoms with Crippen molar-refractivity contribution in [2.45, 2.75) is 39.5 Å². The Morgan fingerprint density at radius 2 is 1.88 bits per heavy atom. The van der Waals surface area contributed by atoms with Crippen molar-refractivity contribution in [2.75, 3.05) is 5.33 Å². The van der Waals surface area contributed by atoms with Crippen molar-refractivity contribution in [3.63, 3.8) is 0 Å². The van der Waals surface area contributed by atoms with Crippen LogP contribution in [-0.2, 0) is 6.42 Å². The average molecular weight is 301 g/mol. The van der Waals surface area contributed by atoms with Crippen LogP contribution in [0.1, 0.15) is 38.7 Å². The van der Waals surface area contributed by atoms with Crippen molar-refractivity contribution < 1.29 is 4.39 Å². The van der Waals surface area contributed by atoms with Crippen molar-refractivity contribution >= 4 is 15.9 Å². The smallest absolute Gasteiger partial charge is 0.123 e. The van der Waals surface area contributed by atoms with Crippen LogP contribution in [0.3, 0.4) is 0 Å². The summed E-state index contributed by atoms with van der Waals surface area (Å²) in [6.07, 6.45) is 4.84. The van der Waals surface area contributed by atoms with Crippen molar-refractivity contribution in [1.82, 2.24) is 0 Å². The zero-order valence-corrected chi connectivity index (χ0v) is 12.3. The molecule has 96 valence electrons. The van der Waals surface area contributed by atoms with Gasteiger partial charge in [0.2, 0.25) is 0 Å². The van der Waals surface area contributed by atoms with E-state index in [1.165, 1.54) is 24.8 Å². The summed E-state index contributed by atoms with van der Waals surface area (Å²) in [5.41, 5.74) is 1.24. The fraction of sp³-hybridized carbons (Fsp3) is 0.600. The van der Waals surface area contributed by atoms with Gasteiger partial charge in [0.25, 0.3) is 0 Å². The van der Waals surface area contributed by atoms with Gasteiger partial charge in [0.1, 0.15) is 5.82 Å². The first-order chi connectivity index (χ1) is 8.15. The van der Waals surface area contributed by atoms with Crippen LogP contribution in [0.2, 0.25) is 0 Å². The van der Waals surface area contributed by atoms with Gasteiger partial charge >= 0.3 is 0 Å². The minimum atomic E-state index is -0.150. The van der Waals surface area contributed by atoms with Crippen LogP contribution in [0, 0.1) is 17.7 Å². The summed E-state index contributed by atoms with van der Waals surface area (Å²) in [5, 5.41) is 1.03. The lowest BCUT2D eigenvalue weighted by atomic mass is 9.89. The lowest BCUT2D eigenvalue weighted by Gasteiger charge is -2.18. The van der Waals surface area contributed by atoms with E-state index < -0.39 is 0 Å². The zero-order chi connectivity index (χ0) is 12.7. The van der Waals surface area contributed by atoms with Gasteiger partial charge in [0.15, 0.2) is 0 Å². The molecular weight excluding hydrogens is 279 g/mol. The molecule has 0 spiro atoms. The van der Waals surface area contributed by atoms with Crippen LogP contribution in [0.4, 0.5) is 4.39 Å². The maximum Gasteiger partial charge on any atom is 0.123 e. The number of halogens is 2. The molecule has 0 saturated carbocycles. The molecule has 2 unspecified atom stereocenters. The minimum Gasteiger partial charge on any atom is -0.207 e. The molecular formula is C15H22BrF. The number of benzene rings is 1. The topological polar surface area (TPSA) is 0 Å². The second-order valence-electron chi connectivity index (χ2n) is 4.98. The Bertz CT molecular complexity index is 307. The molecule has 17 heavy (non-hydrogen) atoms. The molecule has 1 rings (SSSR count). The van der Waals surface area contributed by atoms with Crippen LogP contribution in [0.5, 0.6) is 0 Å². The number of alkyl halides is 1. The fourth-order valence-corrected chi connectivity index (χ4v) is 2.83. The Morgan fingerprint density at radius 3 is 2.41 bits per heavy atom. The van der Waals surface area contributed by atoms with Crippen LogP contribution >= 0.6 is 15.9 Å². The third kappa shape index (κ3) is 5.67. The maximum absolute atomic E-state index is 12.8. The zero-order valence-electron chi connectivity index (χ0n) is 10.8. The van der Waals surface area contributed by atoms with Crippen LogP contribution < -0.4 is 0 Å². The molecule has 2 atom stereocenters. The van der Waals surface area contributed by atoms with Crippen LogP contribution in [0.15, 0.2) is 24.3 Å². The summed E-state index contributed by atoms with van der Waals surface area (Å²) >= 11 is 3.59.